The van der Waals surface area contributed by atoms with Crippen LogP contribution in [0.15, 0.2) is 24.3 Å². The van der Waals surface area contributed by atoms with Gasteiger partial charge in [-0.3, -0.25) is 9.59 Å². The molecule has 0 aromatic heterocycles. The molecule has 0 fully saturated rings. The lowest BCUT2D eigenvalue weighted by atomic mass is 10.1. The van der Waals surface area contributed by atoms with E-state index in [9.17, 15) is 9.59 Å². The molecule has 0 saturated heterocycles. The van der Waals surface area contributed by atoms with Gasteiger partial charge in [0.2, 0.25) is 0 Å². The normalized spacial score (nSPS) is 11.0. The molecule has 32 heavy (non-hydrogen) atoms. The van der Waals surface area contributed by atoms with Crippen LogP contribution in [-0.2, 0) is 14.3 Å². The van der Waals surface area contributed by atoms with E-state index in [0.29, 0.717) is 13.0 Å². The number of carboxylic acid groups (broad SMARTS) is 1. The van der Waals surface area contributed by atoms with Crippen LogP contribution in [0.4, 0.5) is 0 Å². The van der Waals surface area contributed by atoms with Crippen LogP contribution in [0.1, 0.15) is 136 Å². The number of ether oxygens (including phenoxy) is 1. The van der Waals surface area contributed by atoms with Gasteiger partial charge in [-0.1, -0.05) is 95.9 Å². The van der Waals surface area contributed by atoms with E-state index in [1.165, 1.54) is 90.4 Å². The number of allylic oxidation sites excluding steroid dienone is 4. The number of hydrogen-bond acceptors (Lipinski definition) is 3. The molecule has 0 aliphatic heterocycles. The predicted octanol–water partition coefficient (Wildman–Crippen LogP) is 8.79. The van der Waals surface area contributed by atoms with E-state index in [4.69, 9.17) is 9.84 Å². The van der Waals surface area contributed by atoms with E-state index in [-0.39, 0.29) is 5.97 Å². The molecule has 4 nitrogen and oxygen atoms in total. The van der Waals surface area contributed by atoms with Crippen molar-refractivity contribution in [1.82, 2.24) is 0 Å². The second kappa shape index (κ2) is 29.4. The Labute approximate surface area is 198 Å². The standard InChI is InChI=1S/2C14H26O2/c1-3-4-5-6-7-8-9-10-11-12-13-16-14(2)15;1-2-3-4-5-6-7-8-9-10-11-12-13-14(15)16/h6-7H,3-5,8-13H2,1-2H3;5-6H,2-4,7-13H2,1H3,(H,15,16)/b7-6+;6-5+. The smallest absolute Gasteiger partial charge is 0.303 e. The molecule has 0 spiro atoms. The fourth-order valence-corrected chi connectivity index (χ4v) is 3.12. The highest BCUT2D eigenvalue weighted by Gasteiger charge is 1.96. The number of esters is 1. The summed E-state index contributed by atoms with van der Waals surface area (Å²) in [4.78, 5) is 20.7. The average Bonchev–Trinajstić information content (AvgIpc) is 2.76. The molecule has 0 rings (SSSR count). The van der Waals surface area contributed by atoms with Gasteiger partial charge in [0.1, 0.15) is 0 Å². The molecule has 0 amide bonds. The fraction of sp³-hybridized carbons (Fsp3) is 0.786. The van der Waals surface area contributed by atoms with Crippen molar-refractivity contribution >= 4 is 11.9 Å². The Balaban J connectivity index is 0. The molecule has 0 bridgehead atoms. The van der Waals surface area contributed by atoms with Gasteiger partial charge in [-0.2, -0.15) is 0 Å². The maximum absolute atomic E-state index is 10.5. The van der Waals surface area contributed by atoms with E-state index < -0.39 is 5.97 Å². The van der Waals surface area contributed by atoms with Crippen LogP contribution in [0.2, 0.25) is 0 Å². The van der Waals surface area contributed by atoms with Gasteiger partial charge in [-0.25, -0.2) is 0 Å². The van der Waals surface area contributed by atoms with Crippen LogP contribution < -0.4 is 0 Å². The zero-order valence-electron chi connectivity index (χ0n) is 21.4. The van der Waals surface area contributed by atoms with Crippen molar-refractivity contribution in [2.24, 2.45) is 0 Å². The van der Waals surface area contributed by atoms with Crippen LogP contribution in [0.5, 0.6) is 0 Å². The Morgan fingerprint density at radius 3 is 1.47 bits per heavy atom. The Hall–Kier alpha value is -1.58. The van der Waals surface area contributed by atoms with Crippen molar-refractivity contribution in [3.05, 3.63) is 24.3 Å². The van der Waals surface area contributed by atoms with Crippen molar-refractivity contribution in [3.8, 4) is 0 Å². The average molecular weight is 453 g/mol. The number of hydrogen-bond donors (Lipinski definition) is 1. The molecule has 188 valence electrons. The third-order valence-electron chi connectivity index (χ3n) is 5.11. The molecule has 0 heterocycles. The van der Waals surface area contributed by atoms with Crippen molar-refractivity contribution in [2.75, 3.05) is 6.61 Å². The third-order valence-corrected chi connectivity index (χ3v) is 5.11. The van der Waals surface area contributed by atoms with Crippen molar-refractivity contribution in [2.45, 2.75) is 136 Å². The maximum Gasteiger partial charge on any atom is 0.303 e. The first kappa shape index (κ1) is 32.6. The van der Waals surface area contributed by atoms with Crippen LogP contribution in [0.3, 0.4) is 0 Å². The van der Waals surface area contributed by atoms with Crippen LogP contribution >= 0.6 is 0 Å². The maximum atomic E-state index is 10.5. The van der Waals surface area contributed by atoms with Gasteiger partial charge in [0.25, 0.3) is 0 Å². The van der Waals surface area contributed by atoms with Gasteiger partial charge in [-0.05, 0) is 51.4 Å². The number of aliphatic carboxylic acids is 1. The van der Waals surface area contributed by atoms with E-state index in [2.05, 4.69) is 38.2 Å². The SMILES string of the molecule is CCCC/C=C/CCCCCCCC(=O)O.CCCC/C=C/CCCCCCOC(C)=O. The summed E-state index contributed by atoms with van der Waals surface area (Å²) >= 11 is 0. The van der Waals surface area contributed by atoms with E-state index in [1.54, 1.807) is 0 Å². The highest BCUT2D eigenvalue weighted by molar-refractivity contribution is 5.66. The third kappa shape index (κ3) is 35.8. The molecule has 0 radical (unpaired) electrons. The lowest BCUT2D eigenvalue weighted by Crippen LogP contribution is -1.99. The molecular weight excluding hydrogens is 400 g/mol. The lowest BCUT2D eigenvalue weighted by Gasteiger charge is -2.00. The molecule has 0 aromatic rings. The summed E-state index contributed by atoms with van der Waals surface area (Å²) in [6.45, 7) is 6.48. The summed E-state index contributed by atoms with van der Waals surface area (Å²) in [5.74, 6) is -0.835. The molecule has 1 N–H and O–H groups in total. The monoisotopic (exact) mass is 452 g/mol. The number of carbonyl (C=O) groups is 2. The second-order valence-electron chi connectivity index (χ2n) is 8.47. The first-order chi connectivity index (χ1) is 15.5. The van der Waals surface area contributed by atoms with Gasteiger partial charge in [0.15, 0.2) is 0 Å². The van der Waals surface area contributed by atoms with Gasteiger partial charge in [0.05, 0.1) is 6.61 Å². The summed E-state index contributed by atoms with van der Waals surface area (Å²) in [6.07, 6.45) is 29.7. The van der Waals surface area contributed by atoms with Gasteiger partial charge < -0.3 is 9.84 Å². The van der Waals surface area contributed by atoms with E-state index in [1.807, 2.05) is 0 Å². The number of unbranched alkanes of at least 4 members (excludes halogenated alkanes) is 13. The van der Waals surface area contributed by atoms with Crippen LogP contribution in [-0.4, -0.2) is 23.7 Å². The Morgan fingerprint density at radius 1 is 0.625 bits per heavy atom. The Morgan fingerprint density at radius 2 is 1.03 bits per heavy atom. The summed E-state index contributed by atoms with van der Waals surface area (Å²) in [7, 11) is 0. The first-order valence-electron chi connectivity index (χ1n) is 13.2. The topological polar surface area (TPSA) is 63.6 Å². The number of rotatable bonds is 21. The number of carboxylic acids is 1. The van der Waals surface area contributed by atoms with Gasteiger partial charge in [-0.15, -0.1) is 0 Å². The van der Waals surface area contributed by atoms with E-state index in [0.717, 1.165) is 25.7 Å². The summed E-state index contributed by atoms with van der Waals surface area (Å²) in [5.41, 5.74) is 0. The van der Waals surface area contributed by atoms with Crippen molar-refractivity contribution in [3.63, 3.8) is 0 Å². The molecule has 0 saturated carbocycles. The van der Waals surface area contributed by atoms with Crippen LogP contribution in [0.25, 0.3) is 0 Å². The highest BCUT2D eigenvalue weighted by atomic mass is 16.5. The molecule has 0 aliphatic rings. The highest BCUT2D eigenvalue weighted by Crippen LogP contribution is 2.08. The predicted molar refractivity (Wildman–Crippen MR) is 137 cm³/mol. The fourth-order valence-electron chi connectivity index (χ4n) is 3.12. The van der Waals surface area contributed by atoms with Gasteiger partial charge >= 0.3 is 11.9 Å². The molecule has 0 aromatic carbocycles. The zero-order chi connectivity index (χ0) is 24.1. The minimum absolute atomic E-state index is 0.168. The molecule has 0 aliphatic carbocycles. The lowest BCUT2D eigenvalue weighted by molar-refractivity contribution is -0.141. The van der Waals surface area contributed by atoms with Crippen LogP contribution in [0, 0.1) is 0 Å². The molecule has 0 unspecified atom stereocenters. The van der Waals surface area contributed by atoms with E-state index >= 15 is 0 Å². The molecular formula is C28H52O4. The Bertz CT molecular complexity index is 412. The summed E-state index contributed by atoms with van der Waals surface area (Å²) in [5, 5.41) is 8.45. The summed E-state index contributed by atoms with van der Waals surface area (Å²) in [6, 6.07) is 0. The summed E-state index contributed by atoms with van der Waals surface area (Å²) < 4.78 is 4.86. The quantitative estimate of drug-likeness (QED) is 0.107. The van der Waals surface area contributed by atoms with Crippen molar-refractivity contribution < 1.29 is 19.4 Å². The largest absolute Gasteiger partial charge is 0.481 e. The molecule has 0 atom stereocenters. The van der Waals surface area contributed by atoms with Crippen molar-refractivity contribution in [1.29, 1.82) is 0 Å². The zero-order valence-corrected chi connectivity index (χ0v) is 21.4. The minimum atomic E-state index is -0.668. The minimum Gasteiger partial charge on any atom is -0.481 e. The Kier molecular flexibility index (Phi) is 30.0. The first-order valence-corrected chi connectivity index (χ1v) is 13.2. The second-order valence-corrected chi connectivity index (χ2v) is 8.47. The number of carbonyl (C=O) groups excluding carboxylic acids is 1. The van der Waals surface area contributed by atoms with Gasteiger partial charge in [0, 0.05) is 13.3 Å². The molecule has 4 heteroatoms.